The Labute approximate surface area is 152 Å². The molecule has 0 atom stereocenters. The first kappa shape index (κ1) is 16.6. The molecule has 0 fully saturated rings. The molecule has 4 rings (SSSR count). The average molecular weight is 364 g/mol. The van der Waals surface area contributed by atoms with Gasteiger partial charge in [0.2, 0.25) is 0 Å². The zero-order valence-corrected chi connectivity index (χ0v) is 14.1. The summed E-state index contributed by atoms with van der Waals surface area (Å²) < 4.78 is 20.2. The molecule has 1 N–H and O–H groups in total. The number of rotatable bonds is 4. The van der Waals surface area contributed by atoms with Crippen LogP contribution in [0.25, 0.3) is 5.65 Å². The molecule has 4 heterocycles. The van der Waals surface area contributed by atoms with Crippen molar-refractivity contribution in [2.75, 3.05) is 5.32 Å². The van der Waals surface area contributed by atoms with Crippen molar-refractivity contribution in [2.45, 2.75) is 6.92 Å². The summed E-state index contributed by atoms with van der Waals surface area (Å²) in [6, 6.07) is 5.94. The highest BCUT2D eigenvalue weighted by atomic mass is 19.1. The molecule has 0 aliphatic heterocycles. The normalized spacial score (nSPS) is 10.7. The zero-order valence-electron chi connectivity index (χ0n) is 14.1. The lowest BCUT2D eigenvalue weighted by atomic mass is 10.2. The lowest BCUT2D eigenvalue weighted by Gasteiger charge is -2.10. The average Bonchev–Trinajstić information content (AvgIpc) is 3.11. The highest BCUT2D eigenvalue weighted by Gasteiger charge is 2.16. The molecule has 4 aromatic heterocycles. The summed E-state index contributed by atoms with van der Waals surface area (Å²) in [6.45, 7) is 1.90. The first-order valence-electron chi connectivity index (χ1n) is 7.94. The van der Waals surface area contributed by atoms with Crippen molar-refractivity contribution >= 4 is 17.4 Å². The second-order valence-electron chi connectivity index (χ2n) is 5.73. The van der Waals surface area contributed by atoms with E-state index in [1.54, 1.807) is 24.7 Å². The number of aryl methyl sites for hydroxylation is 1. The number of aromatic nitrogens is 5. The number of hydrogen-bond acceptors (Lipinski definition) is 6. The van der Waals surface area contributed by atoms with Gasteiger partial charge in [-0.1, -0.05) is 0 Å². The van der Waals surface area contributed by atoms with E-state index in [1.165, 1.54) is 23.0 Å². The Hall–Kier alpha value is -3.88. The minimum atomic E-state index is -0.491. The van der Waals surface area contributed by atoms with Gasteiger partial charge in [0.05, 0.1) is 24.2 Å². The number of hydrogen-bond donors (Lipinski definition) is 1. The third-order valence-electron chi connectivity index (χ3n) is 3.65. The van der Waals surface area contributed by atoms with Gasteiger partial charge in [0.25, 0.3) is 5.91 Å². The van der Waals surface area contributed by atoms with E-state index in [9.17, 15) is 9.18 Å². The molecule has 0 bridgehead atoms. The quantitative estimate of drug-likeness (QED) is 0.598. The standard InChI is InChI=1S/C18H13FN6O2/c1-11-4-13(8-20-6-11)27-14-5-15(17-22-10-23-25(17)9-14)18(26)24-16-3-2-12(19)7-21-16/h2-10H,1H3,(H,21,24,26). The van der Waals surface area contributed by atoms with Gasteiger partial charge in [0, 0.05) is 6.20 Å². The Balaban J connectivity index is 1.67. The smallest absolute Gasteiger partial charge is 0.260 e. The summed E-state index contributed by atoms with van der Waals surface area (Å²) in [4.78, 5) is 24.7. The van der Waals surface area contributed by atoms with E-state index in [0.717, 1.165) is 11.8 Å². The van der Waals surface area contributed by atoms with Crippen LogP contribution in [0.15, 0.2) is 55.4 Å². The van der Waals surface area contributed by atoms with Gasteiger partial charge in [-0.25, -0.2) is 18.9 Å². The van der Waals surface area contributed by atoms with Crippen molar-refractivity contribution in [3.63, 3.8) is 0 Å². The number of carbonyl (C=O) groups is 1. The molecule has 0 aliphatic carbocycles. The van der Waals surface area contributed by atoms with Crippen molar-refractivity contribution in [3.8, 4) is 11.5 Å². The van der Waals surface area contributed by atoms with Crippen molar-refractivity contribution < 1.29 is 13.9 Å². The summed E-state index contributed by atoms with van der Waals surface area (Å²) in [5.74, 6) is 0.168. The van der Waals surface area contributed by atoms with Crippen LogP contribution in [0.3, 0.4) is 0 Å². The predicted molar refractivity (Wildman–Crippen MR) is 94.2 cm³/mol. The van der Waals surface area contributed by atoms with Gasteiger partial charge in [-0.2, -0.15) is 5.10 Å². The van der Waals surface area contributed by atoms with Crippen LogP contribution < -0.4 is 10.1 Å². The summed E-state index contributed by atoms with van der Waals surface area (Å²) in [5, 5.41) is 6.67. The maximum atomic E-state index is 13.0. The second-order valence-corrected chi connectivity index (χ2v) is 5.73. The maximum Gasteiger partial charge on any atom is 0.260 e. The third-order valence-corrected chi connectivity index (χ3v) is 3.65. The van der Waals surface area contributed by atoms with Crippen molar-refractivity contribution in [1.82, 2.24) is 24.6 Å². The lowest BCUT2D eigenvalue weighted by Crippen LogP contribution is -2.15. The molecule has 9 heteroatoms. The molecule has 0 saturated heterocycles. The number of fused-ring (bicyclic) bond motifs is 1. The molecule has 27 heavy (non-hydrogen) atoms. The Bertz CT molecular complexity index is 1130. The first-order chi connectivity index (χ1) is 13.1. The second kappa shape index (κ2) is 6.79. The first-order valence-corrected chi connectivity index (χ1v) is 7.94. The van der Waals surface area contributed by atoms with E-state index in [2.05, 4.69) is 25.4 Å². The van der Waals surface area contributed by atoms with Crippen LogP contribution in [-0.4, -0.2) is 30.5 Å². The number of anilines is 1. The number of ether oxygens (including phenoxy) is 1. The third kappa shape index (κ3) is 3.56. The van der Waals surface area contributed by atoms with E-state index >= 15 is 0 Å². The lowest BCUT2D eigenvalue weighted by molar-refractivity contribution is 0.102. The Kier molecular flexibility index (Phi) is 4.17. The number of amides is 1. The van der Waals surface area contributed by atoms with Gasteiger partial charge < -0.3 is 10.1 Å². The van der Waals surface area contributed by atoms with E-state index in [1.807, 2.05) is 13.0 Å². The van der Waals surface area contributed by atoms with E-state index in [0.29, 0.717) is 17.1 Å². The van der Waals surface area contributed by atoms with Crippen LogP contribution in [0.1, 0.15) is 15.9 Å². The molecular formula is C18H13FN6O2. The summed E-state index contributed by atoms with van der Waals surface area (Å²) >= 11 is 0. The van der Waals surface area contributed by atoms with Gasteiger partial charge in [0.1, 0.15) is 29.5 Å². The fraction of sp³-hybridized carbons (Fsp3) is 0.0556. The largest absolute Gasteiger partial charge is 0.454 e. The number of halogens is 1. The monoisotopic (exact) mass is 364 g/mol. The van der Waals surface area contributed by atoms with Crippen molar-refractivity contribution in [1.29, 1.82) is 0 Å². The Morgan fingerprint density at radius 1 is 1.15 bits per heavy atom. The molecular weight excluding hydrogens is 351 g/mol. The van der Waals surface area contributed by atoms with Gasteiger partial charge in [0.15, 0.2) is 5.65 Å². The summed E-state index contributed by atoms with van der Waals surface area (Å²) in [5.41, 5.74) is 1.52. The van der Waals surface area contributed by atoms with Crippen LogP contribution in [-0.2, 0) is 0 Å². The van der Waals surface area contributed by atoms with Gasteiger partial charge in [-0.3, -0.25) is 9.78 Å². The molecule has 0 aromatic carbocycles. The fourth-order valence-electron chi connectivity index (χ4n) is 2.48. The highest BCUT2D eigenvalue weighted by Crippen LogP contribution is 2.24. The number of carbonyl (C=O) groups excluding carboxylic acids is 1. The van der Waals surface area contributed by atoms with Gasteiger partial charge >= 0.3 is 0 Å². The van der Waals surface area contributed by atoms with Gasteiger partial charge in [-0.15, -0.1) is 0 Å². The molecule has 4 aromatic rings. The number of nitrogens with one attached hydrogen (secondary N) is 1. The molecule has 0 aliphatic rings. The summed E-state index contributed by atoms with van der Waals surface area (Å²) in [6.07, 6.45) is 7.24. The maximum absolute atomic E-state index is 13.0. The van der Waals surface area contributed by atoms with E-state index < -0.39 is 11.7 Å². The molecule has 134 valence electrons. The van der Waals surface area contributed by atoms with Crippen LogP contribution in [0.2, 0.25) is 0 Å². The SMILES string of the molecule is Cc1cncc(Oc2cc(C(=O)Nc3ccc(F)cn3)c3ncnn3c2)c1. The van der Waals surface area contributed by atoms with Crippen LogP contribution in [0, 0.1) is 12.7 Å². The topological polar surface area (TPSA) is 94.3 Å². The minimum Gasteiger partial charge on any atom is -0.454 e. The zero-order chi connectivity index (χ0) is 18.8. The van der Waals surface area contributed by atoms with Crippen LogP contribution in [0.4, 0.5) is 10.2 Å². The van der Waals surface area contributed by atoms with Crippen molar-refractivity contribution in [3.05, 3.63) is 72.3 Å². The predicted octanol–water partition coefficient (Wildman–Crippen LogP) is 3.01. The number of nitrogens with zero attached hydrogens (tertiary/aromatic N) is 5. The molecule has 0 radical (unpaired) electrons. The molecule has 0 spiro atoms. The van der Waals surface area contributed by atoms with E-state index in [4.69, 9.17) is 4.74 Å². The molecule has 8 nitrogen and oxygen atoms in total. The Morgan fingerprint density at radius 2 is 2.04 bits per heavy atom. The molecule has 0 saturated carbocycles. The van der Waals surface area contributed by atoms with E-state index in [-0.39, 0.29) is 11.4 Å². The molecule has 0 unspecified atom stereocenters. The van der Waals surface area contributed by atoms with Crippen LogP contribution in [0.5, 0.6) is 11.5 Å². The Morgan fingerprint density at radius 3 is 2.81 bits per heavy atom. The van der Waals surface area contributed by atoms with Crippen LogP contribution >= 0.6 is 0 Å². The number of pyridine rings is 3. The van der Waals surface area contributed by atoms with Gasteiger partial charge in [-0.05, 0) is 36.8 Å². The van der Waals surface area contributed by atoms with Crippen molar-refractivity contribution in [2.24, 2.45) is 0 Å². The summed E-state index contributed by atoms with van der Waals surface area (Å²) in [7, 11) is 0. The highest BCUT2D eigenvalue weighted by molar-refractivity contribution is 6.08. The fourth-order valence-corrected chi connectivity index (χ4v) is 2.48. The minimum absolute atomic E-state index is 0.216. The molecule has 1 amide bonds.